The number of esters is 2. The Balaban J connectivity index is 4.15. The maximum atomic E-state index is 12.9. The normalized spacial score (nSPS) is 14.1. The average molecular weight is 1270 g/mol. The van der Waals surface area contributed by atoms with Crippen LogP contribution in [-0.2, 0) is 32.7 Å². The van der Waals surface area contributed by atoms with Crippen LogP contribution in [0.2, 0.25) is 0 Å². The number of phosphoric ester groups is 1. The Morgan fingerprint density at radius 2 is 0.633 bits per heavy atom. The van der Waals surface area contributed by atoms with Crippen molar-refractivity contribution in [2.75, 3.05) is 47.5 Å². The van der Waals surface area contributed by atoms with E-state index in [0.29, 0.717) is 17.4 Å². The van der Waals surface area contributed by atoms with Gasteiger partial charge in [0.05, 0.1) is 27.7 Å². The quantitative estimate of drug-likeness (QED) is 0.0195. The van der Waals surface area contributed by atoms with Gasteiger partial charge in [0.2, 0.25) is 0 Å². The van der Waals surface area contributed by atoms with E-state index in [1.165, 1.54) is 122 Å². The van der Waals surface area contributed by atoms with Crippen LogP contribution in [0.25, 0.3) is 0 Å². The molecule has 0 fully saturated rings. The van der Waals surface area contributed by atoms with Crippen LogP contribution in [0.15, 0.2) is 158 Å². The van der Waals surface area contributed by atoms with Crippen LogP contribution in [0.4, 0.5) is 0 Å². The van der Waals surface area contributed by atoms with Gasteiger partial charge in [0.25, 0.3) is 7.82 Å². The molecule has 0 saturated carbocycles. The van der Waals surface area contributed by atoms with E-state index >= 15 is 0 Å². The van der Waals surface area contributed by atoms with E-state index in [-0.39, 0.29) is 26.1 Å². The number of ether oxygens (including phenoxy) is 2. The van der Waals surface area contributed by atoms with Gasteiger partial charge in [0.1, 0.15) is 19.8 Å². The summed E-state index contributed by atoms with van der Waals surface area (Å²) in [6, 6.07) is 0. The topological polar surface area (TPSA) is 111 Å². The van der Waals surface area contributed by atoms with Crippen molar-refractivity contribution in [3.8, 4) is 0 Å². The Morgan fingerprint density at radius 1 is 0.356 bits per heavy atom. The smallest absolute Gasteiger partial charge is 0.306 e. The monoisotopic (exact) mass is 1270 g/mol. The molecule has 0 aromatic rings. The molecule has 0 aromatic carbocycles. The van der Waals surface area contributed by atoms with Crippen LogP contribution < -0.4 is 4.89 Å². The van der Waals surface area contributed by atoms with E-state index in [9.17, 15) is 19.0 Å². The van der Waals surface area contributed by atoms with Crippen molar-refractivity contribution in [1.29, 1.82) is 0 Å². The highest BCUT2D eigenvalue weighted by Gasteiger charge is 2.22. The van der Waals surface area contributed by atoms with Gasteiger partial charge in [-0.1, -0.05) is 300 Å². The number of hydrogen-bond donors (Lipinski definition) is 0. The number of rotatable bonds is 65. The van der Waals surface area contributed by atoms with Crippen molar-refractivity contribution in [1.82, 2.24) is 0 Å². The minimum absolute atomic E-state index is 0.0423. The zero-order valence-corrected chi connectivity index (χ0v) is 59.2. The number of allylic oxidation sites excluding steroid dienone is 26. The van der Waals surface area contributed by atoms with E-state index in [1.54, 1.807) is 0 Å². The molecule has 0 rings (SSSR count). The summed E-state index contributed by atoms with van der Waals surface area (Å²) in [5, 5.41) is 0. The molecule has 0 amide bonds. The Bertz CT molecular complexity index is 2080. The lowest BCUT2D eigenvalue weighted by Gasteiger charge is -2.28. The van der Waals surface area contributed by atoms with Crippen LogP contribution >= 0.6 is 7.82 Å². The van der Waals surface area contributed by atoms with Gasteiger partial charge in [-0.05, 0) is 128 Å². The average Bonchev–Trinajstić information content (AvgIpc) is 3.58. The highest BCUT2D eigenvalue weighted by molar-refractivity contribution is 7.45. The van der Waals surface area contributed by atoms with E-state index < -0.39 is 32.5 Å². The zero-order valence-electron chi connectivity index (χ0n) is 58.3. The molecular weight excluding hydrogens is 1130 g/mol. The van der Waals surface area contributed by atoms with Crippen LogP contribution in [-0.4, -0.2) is 70.0 Å². The molecule has 0 N–H and O–H groups in total. The van der Waals surface area contributed by atoms with Gasteiger partial charge in [-0.25, -0.2) is 0 Å². The molecule has 512 valence electrons. The first kappa shape index (κ1) is 85.6. The van der Waals surface area contributed by atoms with Crippen LogP contribution in [0.3, 0.4) is 0 Å². The Labute approximate surface area is 554 Å². The summed E-state index contributed by atoms with van der Waals surface area (Å²) in [6.45, 7) is 4.10. The highest BCUT2D eigenvalue weighted by atomic mass is 31.2. The minimum Gasteiger partial charge on any atom is -0.756 e. The standard InChI is InChI=1S/C80H134NO8P/c1-6-8-10-12-14-16-18-20-22-24-26-28-30-32-34-35-36-37-38-39-40-41-42-43-44-45-47-49-51-53-55-57-59-61-63-65-67-69-71-73-80(83)89-78(77-88-90(84,85)87-75-74-81(3,4)5)76-86-79(82)72-70-68-66-64-62-60-58-56-54-52-50-48-46-33-31-29-27-25-23-21-19-17-15-13-11-9-7-2/h8,10,14,16,19-22,25-28,32,34,36-37,39-40,42-43,45,47,51,53,57,59,78H,6-7,9,11-13,15,17-18,23-24,29-31,33,35,38,41,44,46,48-50,52,54-56,58,60-77H2,1-5H3/b10-8-,16-14-,21-19-,22-20-,27-25-,28-26-,34-32-,37-36-,40-39-,43-42-,47-45-,53-51-,59-57-. The molecule has 9 nitrogen and oxygen atoms in total. The molecule has 0 aromatic heterocycles. The van der Waals surface area contributed by atoms with Gasteiger partial charge < -0.3 is 27.9 Å². The maximum absolute atomic E-state index is 12.9. The molecule has 90 heavy (non-hydrogen) atoms. The fourth-order valence-corrected chi connectivity index (χ4v) is 10.2. The molecule has 0 bridgehead atoms. The number of quaternary nitrogens is 1. The summed E-state index contributed by atoms with van der Waals surface area (Å²) in [4.78, 5) is 38.1. The summed E-state index contributed by atoms with van der Waals surface area (Å²) in [5.41, 5.74) is 0. The first-order valence-corrected chi connectivity index (χ1v) is 37.7. The summed E-state index contributed by atoms with van der Waals surface area (Å²) in [7, 11) is 1.14. The van der Waals surface area contributed by atoms with Crippen molar-refractivity contribution in [3.63, 3.8) is 0 Å². The lowest BCUT2D eigenvalue weighted by atomic mass is 10.0. The van der Waals surface area contributed by atoms with Gasteiger partial charge in [-0.3, -0.25) is 14.2 Å². The fourth-order valence-electron chi connectivity index (χ4n) is 9.52. The maximum Gasteiger partial charge on any atom is 0.306 e. The summed E-state index contributed by atoms with van der Waals surface area (Å²) in [5.74, 6) is -0.859. The van der Waals surface area contributed by atoms with Crippen molar-refractivity contribution < 1.29 is 42.1 Å². The molecule has 10 heteroatoms. The van der Waals surface area contributed by atoms with E-state index in [1.807, 2.05) is 21.1 Å². The van der Waals surface area contributed by atoms with Gasteiger partial charge >= 0.3 is 11.9 Å². The predicted molar refractivity (Wildman–Crippen MR) is 387 cm³/mol. The third-order valence-electron chi connectivity index (χ3n) is 15.0. The molecule has 2 atom stereocenters. The first-order valence-electron chi connectivity index (χ1n) is 36.2. The highest BCUT2D eigenvalue weighted by Crippen LogP contribution is 2.38. The molecule has 0 radical (unpaired) electrons. The number of likely N-dealkylation sites (N-methyl/N-ethyl adjacent to an activating group) is 1. The second kappa shape index (κ2) is 69.0. The van der Waals surface area contributed by atoms with E-state index in [2.05, 4.69) is 172 Å². The Kier molecular flexibility index (Phi) is 65.6. The van der Waals surface area contributed by atoms with Crippen LogP contribution in [0.5, 0.6) is 0 Å². The molecule has 0 aliphatic carbocycles. The summed E-state index contributed by atoms with van der Waals surface area (Å²) >= 11 is 0. The predicted octanol–water partition coefficient (Wildman–Crippen LogP) is 23.3. The Morgan fingerprint density at radius 3 is 0.944 bits per heavy atom. The third-order valence-corrected chi connectivity index (χ3v) is 16.0. The third kappa shape index (κ3) is 72.7. The molecule has 0 spiro atoms. The van der Waals surface area contributed by atoms with Gasteiger partial charge in [0, 0.05) is 12.8 Å². The second-order valence-electron chi connectivity index (χ2n) is 24.9. The number of hydrogen-bond acceptors (Lipinski definition) is 8. The SMILES string of the molecule is CC/C=C\C/C=C\C/C=C\C/C=C\C/C=C\C/C=C\C/C=C\C/C=C\C/C=C\C/C=C\C/C=C\CCCCCCCC(=O)OC(COC(=O)CCCCCCCCCCCCCCCCC/C=C\C/C=C\CCCCCCC)COP(=O)([O-])OCC[N+](C)(C)C. The van der Waals surface area contributed by atoms with Gasteiger partial charge in [-0.15, -0.1) is 0 Å². The van der Waals surface area contributed by atoms with Crippen molar-refractivity contribution in [2.24, 2.45) is 0 Å². The molecular formula is C80H134NO8P. The minimum atomic E-state index is -4.66. The number of nitrogens with zero attached hydrogens (tertiary/aromatic N) is 1. The fraction of sp³-hybridized carbons (Fsp3) is 0.650. The molecule has 0 aliphatic heterocycles. The van der Waals surface area contributed by atoms with E-state index in [0.717, 1.165) is 128 Å². The first-order chi connectivity index (χ1) is 44.0. The molecule has 0 saturated heterocycles. The Hall–Kier alpha value is -4.37. The number of phosphoric acid groups is 1. The zero-order chi connectivity index (χ0) is 65.5. The van der Waals surface area contributed by atoms with Crippen molar-refractivity contribution in [2.45, 2.75) is 290 Å². The van der Waals surface area contributed by atoms with Crippen molar-refractivity contribution in [3.05, 3.63) is 158 Å². The molecule has 2 unspecified atom stereocenters. The second-order valence-corrected chi connectivity index (χ2v) is 26.3. The van der Waals surface area contributed by atoms with Crippen LogP contribution in [0.1, 0.15) is 284 Å². The lowest BCUT2D eigenvalue weighted by molar-refractivity contribution is -0.870. The van der Waals surface area contributed by atoms with Gasteiger partial charge in [0.15, 0.2) is 6.10 Å². The van der Waals surface area contributed by atoms with Crippen LogP contribution in [0, 0.1) is 0 Å². The summed E-state index contributed by atoms with van der Waals surface area (Å²) in [6.07, 6.45) is 103. The van der Waals surface area contributed by atoms with E-state index in [4.69, 9.17) is 18.5 Å². The lowest BCUT2D eigenvalue weighted by Crippen LogP contribution is -2.37. The molecule has 0 aliphatic rings. The van der Waals surface area contributed by atoms with Gasteiger partial charge in [-0.2, -0.15) is 0 Å². The largest absolute Gasteiger partial charge is 0.756 e. The molecule has 0 heterocycles. The summed E-state index contributed by atoms with van der Waals surface area (Å²) < 4.78 is 34.3. The number of carbonyl (C=O) groups excluding carboxylic acids is 2. The number of carbonyl (C=O) groups is 2. The number of unbranched alkanes of at least 4 members (excludes halogenated alkanes) is 25. The van der Waals surface area contributed by atoms with Crippen molar-refractivity contribution >= 4 is 19.8 Å².